The number of ether oxygens (including phenoxy) is 1. The maximum atomic E-state index is 4.99. The predicted molar refractivity (Wildman–Crippen MR) is 48.1 cm³/mol. The molecule has 0 fully saturated rings. The van der Waals surface area contributed by atoms with Crippen LogP contribution < -0.4 is 0 Å². The second kappa shape index (κ2) is 7.47. The highest BCUT2D eigenvalue weighted by Crippen LogP contribution is 2.12. The van der Waals surface area contributed by atoms with Gasteiger partial charge in [-0.1, -0.05) is 39.5 Å². The molecule has 0 aliphatic rings. The van der Waals surface area contributed by atoms with Crippen LogP contribution in [0, 0.1) is 18.4 Å². The lowest BCUT2D eigenvalue weighted by molar-refractivity contribution is 0.203. The Balaban J connectivity index is 3.34. The van der Waals surface area contributed by atoms with Crippen molar-refractivity contribution in [2.45, 2.75) is 39.5 Å². The van der Waals surface area contributed by atoms with Gasteiger partial charge in [-0.05, 0) is 12.3 Å². The molecule has 1 unspecified atom stereocenters. The first-order chi connectivity index (χ1) is 5.35. The Morgan fingerprint density at radius 1 is 1.45 bits per heavy atom. The summed E-state index contributed by atoms with van der Waals surface area (Å²) in [6.45, 7) is 5.11. The van der Waals surface area contributed by atoms with Gasteiger partial charge in [-0.2, -0.15) is 0 Å². The third-order valence-corrected chi connectivity index (χ3v) is 1.95. The molecule has 0 aromatic rings. The molecule has 0 aliphatic heterocycles. The fourth-order valence-electron chi connectivity index (χ4n) is 1.06. The molecule has 0 heterocycles. The molecule has 0 saturated carbocycles. The Labute approximate surface area is 70.1 Å². The lowest BCUT2D eigenvalue weighted by Gasteiger charge is -2.11. The van der Waals surface area contributed by atoms with Crippen molar-refractivity contribution in [1.29, 1.82) is 0 Å². The van der Waals surface area contributed by atoms with Gasteiger partial charge < -0.3 is 4.74 Å². The van der Waals surface area contributed by atoms with Crippen LogP contribution >= 0.6 is 0 Å². The molecule has 0 N–H and O–H groups in total. The Morgan fingerprint density at radius 3 is 2.64 bits per heavy atom. The molecule has 1 atom stereocenters. The Kier molecular flexibility index (Phi) is 7.03. The van der Waals surface area contributed by atoms with E-state index in [9.17, 15) is 0 Å². The molecule has 0 aromatic carbocycles. The average Bonchev–Trinajstić information content (AvgIpc) is 2.05. The predicted octanol–water partition coefficient (Wildman–Crippen LogP) is 2.81. The van der Waals surface area contributed by atoms with Crippen molar-refractivity contribution in [2.24, 2.45) is 5.92 Å². The van der Waals surface area contributed by atoms with E-state index in [2.05, 4.69) is 20.0 Å². The zero-order valence-corrected chi connectivity index (χ0v) is 7.60. The molecule has 0 aliphatic carbocycles. The summed E-state index contributed by atoms with van der Waals surface area (Å²) < 4.78 is 4.91. The summed E-state index contributed by atoms with van der Waals surface area (Å²) in [7, 11) is 0. The van der Waals surface area contributed by atoms with Crippen LogP contribution in [0.2, 0.25) is 0 Å². The molecule has 0 bridgehead atoms. The lowest BCUT2D eigenvalue weighted by atomic mass is 10.0. The lowest BCUT2D eigenvalue weighted by Crippen LogP contribution is -2.06. The smallest absolute Gasteiger partial charge is 0.106 e. The first kappa shape index (κ1) is 10.4. The zero-order valence-electron chi connectivity index (χ0n) is 7.60. The molecule has 11 heavy (non-hydrogen) atoms. The fraction of sp³-hybridized carbons (Fsp3) is 0.800. The Bertz CT molecular complexity index is 113. The molecule has 64 valence electrons. The van der Waals surface area contributed by atoms with E-state index in [0.29, 0.717) is 5.92 Å². The molecule has 0 amide bonds. The third-order valence-electron chi connectivity index (χ3n) is 1.95. The molecule has 0 aromatic heterocycles. The first-order valence-electron chi connectivity index (χ1n) is 4.42. The van der Waals surface area contributed by atoms with Crippen molar-refractivity contribution in [1.82, 2.24) is 0 Å². The topological polar surface area (TPSA) is 9.23 Å². The number of hydrogen-bond acceptors (Lipinski definition) is 1. The van der Waals surface area contributed by atoms with Gasteiger partial charge in [0.25, 0.3) is 0 Å². The van der Waals surface area contributed by atoms with E-state index in [1.54, 1.807) is 0 Å². The van der Waals surface area contributed by atoms with Crippen LogP contribution in [0.15, 0.2) is 0 Å². The van der Waals surface area contributed by atoms with Crippen LogP contribution in [0.25, 0.3) is 0 Å². The van der Waals surface area contributed by atoms with E-state index < -0.39 is 0 Å². The molecule has 1 nitrogen and oxygen atoms in total. The van der Waals surface area contributed by atoms with E-state index >= 15 is 0 Å². The van der Waals surface area contributed by atoms with Crippen LogP contribution in [0.3, 0.4) is 0 Å². The second-order valence-electron chi connectivity index (χ2n) is 2.85. The maximum Gasteiger partial charge on any atom is 0.106 e. The van der Waals surface area contributed by atoms with Crippen LogP contribution in [0.5, 0.6) is 0 Å². The highest BCUT2D eigenvalue weighted by molar-refractivity contribution is 4.69. The van der Waals surface area contributed by atoms with E-state index in [-0.39, 0.29) is 0 Å². The van der Waals surface area contributed by atoms with Gasteiger partial charge in [-0.15, -0.1) is 0 Å². The van der Waals surface area contributed by atoms with Crippen LogP contribution in [0.1, 0.15) is 39.5 Å². The van der Waals surface area contributed by atoms with Gasteiger partial charge in [-0.25, -0.2) is 0 Å². The van der Waals surface area contributed by atoms with Gasteiger partial charge in [0.15, 0.2) is 0 Å². The van der Waals surface area contributed by atoms with E-state index in [0.717, 1.165) is 6.61 Å². The maximum absolute atomic E-state index is 4.99. The average molecular weight is 154 g/mol. The van der Waals surface area contributed by atoms with Crippen LogP contribution in [-0.2, 0) is 4.74 Å². The van der Waals surface area contributed by atoms with Gasteiger partial charge in [0.2, 0.25) is 0 Å². The molecule has 0 spiro atoms. The quantitative estimate of drug-likeness (QED) is 0.534. The molecule has 0 rings (SSSR count). The number of rotatable bonds is 6. The molecular weight excluding hydrogens is 136 g/mol. The van der Waals surface area contributed by atoms with Crippen molar-refractivity contribution < 1.29 is 4.74 Å². The van der Waals surface area contributed by atoms with Crippen LogP contribution in [-0.4, -0.2) is 6.61 Å². The highest BCUT2D eigenvalue weighted by Gasteiger charge is 2.04. The molecule has 0 saturated heterocycles. The minimum atomic E-state index is 0.658. The van der Waals surface area contributed by atoms with Gasteiger partial charge in [0.05, 0.1) is 0 Å². The normalized spacial score (nSPS) is 12.1. The minimum Gasteiger partial charge on any atom is -0.447 e. The third kappa shape index (κ3) is 5.79. The summed E-state index contributed by atoms with van der Waals surface area (Å²) in [5.41, 5.74) is 0. The molecule has 1 heteroatoms. The summed E-state index contributed by atoms with van der Waals surface area (Å²) in [6, 6.07) is 0. The fourth-order valence-corrected chi connectivity index (χ4v) is 1.06. The van der Waals surface area contributed by atoms with E-state index in [4.69, 9.17) is 11.2 Å². The van der Waals surface area contributed by atoms with Gasteiger partial charge >= 0.3 is 0 Å². The SMILES string of the molecule is C#COCC(CC)CCCC. The van der Waals surface area contributed by atoms with Crippen molar-refractivity contribution in [2.75, 3.05) is 6.61 Å². The summed E-state index contributed by atoms with van der Waals surface area (Å²) in [5, 5.41) is 0. The van der Waals surface area contributed by atoms with Crippen LogP contribution in [0.4, 0.5) is 0 Å². The monoisotopic (exact) mass is 154 g/mol. The summed E-state index contributed by atoms with van der Waals surface area (Å²) in [5.74, 6) is 0.658. The Hall–Kier alpha value is -0.640. The standard InChI is InChI=1S/C10H18O/c1-4-7-8-10(5-2)9-11-6-3/h3,10H,4-5,7-9H2,1-2H3. The molecule has 0 radical (unpaired) electrons. The summed E-state index contributed by atoms with van der Waals surface area (Å²) >= 11 is 0. The van der Waals surface area contributed by atoms with E-state index in [1.807, 2.05) is 0 Å². The number of terminal acetylenes is 1. The molecular formula is C10H18O. The second-order valence-corrected chi connectivity index (χ2v) is 2.85. The summed E-state index contributed by atoms with van der Waals surface area (Å²) in [4.78, 5) is 0. The number of unbranched alkanes of at least 4 members (excludes halogenated alkanes) is 1. The van der Waals surface area contributed by atoms with Gasteiger partial charge in [-0.3, -0.25) is 0 Å². The van der Waals surface area contributed by atoms with Gasteiger partial charge in [0.1, 0.15) is 12.7 Å². The highest BCUT2D eigenvalue weighted by atomic mass is 16.5. The summed E-state index contributed by atoms with van der Waals surface area (Å²) in [6.07, 6.45) is 12.2. The van der Waals surface area contributed by atoms with E-state index in [1.165, 1.54) is 25.7 Å². The zero-order chi connectivity index (χ0) is 8.53. The van der Waals surface area contributed by atoms with Crippen molar-refractivity contribution >= 4 is 0 Å². The first-order valence-corrected chi connectivity index (χ1v) is 4.42. The van der Waals surface area contributed by atoms with Crippen molar-refractivity contribution in [3.63, 3.8) is 0 Å². The largest absolute Gasteiger partial charge is 0.447 e. The Morgan fingerprint density at radius 2 is 2.18 bits per heavy atom. The minimum absolute atomic E-state index is 0.658. The van der Waals surface area contributed by atoms with Gasteiger partial charge in [0, 0.05) is 0 Å². The van der Waals surface area contributed by atoms with Crippen molar-refractivity contribution in [3.05, 3.63) is 0 Å². The van der Waals surface area contributed by atoms with Crippen molar-refractivity contribution in [3.8, 4) is 12.5 Å². The number of hydrogen-bond donors (Lipinski definition) is 0.